The van der Waals surface area contributed by atoms with Crippen molar-refractivity contribution in [3.63, 3.8) is 0 Å². The number of amides is 2. The number of nitro groups is 2. The summed E-state index contributed by atoms with van der Waals surface area (Å²) < 4.78 is 5.79. The Morgan fingerprint density at radius 1 is 0.778 bits per heavy atom. The van der Waals surface area contributed by atoms with Gasteiger partial charge in [-0.15, -0.1) is 47.0 Å². The number of thioether (sulfide) groups is 4. The number of hydrogen-bond acceptors (Lipinski definition) is 14. The molecule has 4 rings (SSSR count). The predicted octanol–water partition coefficient (Wildman–Crippen LogP) is 7.48. The number of nitrogens with zero attached hydrogens (tertiary/aromatic N) is 4. The number of alkyl halides is 1. The lowest BCUT2D eigenvalue weighted by Gasteiger charge is -2.31. The van der Waals surface area contributed by atoms with Gasteiger partial charge in [-0.3, -0.25) is 29.8 Å². The van der Waals surface area contributed by atoms with Crippen LogP contribution in [0, 0.1) is 20.2 Å². The molecule has 14 nitrogen and oxygen atoms in total. The molecule has 0 radical (unpaired) electrons. The van der Waals surface area contributed by atoms with Crippen LogP contribution < -0.4 is 4.74 Å². The van der Waals surface area contributed by atoms with E-state index in [1.807, 2.05) is 23.5 Å². The van der Waals surface area contributed by atoms with E-state index in [-0.39, 0.29) is 73.2 Å². The number of rotatable bonds is 18. The molecule has 2 aromatic rings. The molecular formula is C35H49BrN4O10S4. The molecule has 2 heterocycles. The van der Waals surface area contributed by atoms with Crippen LogP contribution in [-0.4, -0.2) is 110 Å². The highest BCUT2D eigenvalue weighted by atomic mass is 79.9. The van der Waals surface area contributed by atoms with E-state index in [0.29, 0.717) is 18.7 Å². The summed E-state index contributed by atoms with van der Waals surface area (Å²) in [5, 5.41) is 51.7. The van der Waals surface area contributed by atoms with Crippen LogP contribution in [0.5, 0.6) is 11.5 Å². The highest BCUT2D eigenvalue weighted by Crippen LogP contribution is 2.39. The normalized spacial score (nSPS) is 16.8. The molecule has 0 aliphatic carbocycles. The molecular weight excluding hydrogens is 845 g/mol. The minimum absolute atomic E-state index is 0.00428. The van der Waals surface area contributed by atoms with E-state index >= 15 is 0 Å². The van der Waals surface area contributed by atoms with Crippen LogP contribution >= 0.6 is 63.0 Å². The zero-order valence-corrected chi connectivity index (χ0v) is 35.7. The Labute approximate surface area is 341 Å². The average Bonchev–Trinajstić information content (AvgIpc) is 3.85. The fourth-order valence-corrected chi connectivity index (χ4v) is 12.5. The number of nitro benzene ring substituents is 2. The first-order chi connectivity index (χ1) is 25.9. The molecule has 2 saturated heterocycles. The molecule has 2 aliphatic heterocycles. The quantitative estimate of drug-likeness (QED) is 0.0576. The summed E-state index contributed by atoms with van der Waals surface area (Å²) in [6.07, 6.45) is 3.50. The fraction of sp³-hybridized carbons (Fsp3) is 0.600. The molecule has 0 bridgehead atoms. The summed E-state index contributed by atoms with van der Waals surface area (Å²) in [4.78, 5) is 51.6. The maximum absolute atomic E-state index is 13.3. The first kappa shape index (κ1) is 46.0. The van der Waals surface area contributed by atoms with Crippen LogP contribution in [0.4, 0.5) is 11.4 Å². The first-order valence-electron chi connectivity index (χ1n) is 17.7. The zero-order valence-electron chi connectivity index (χ0n) is 30.8. The highest BCUT2D eigenvalue weighted by molar-refractivity contribution is 9.09. The van der Waals surface area contributed by atoms with E-state index < -0.39 is 28.0 Å². The van der Waals surface area contributed by atoms with E-state index in [1.165, 1.54) is 18.2 Å². The van der Waals surface area contributed by atoms with Crippen LogP contribution in [0.15, 0.2) is 24.3 Å². The van der Waals surface area contributed by atoms with Gasteiger partial charge in [0.05, 0.1) is 56.4 Å². The molecule has 54 heavy (non-hydrogen) atoms. The number of carbonyl (C=O) groups is 2. The predicted molar refractivity (Wildman–Crippen MR) is 222 cm³/mol. The molecule has 0 saturated carbocycles. The molecule has 3 N–H and O–H groups in total. The Kier molecular flexibility index (Phi) is 19.5. The van der Waals surface area contributed by atoms with Gasteiger partial charge in [-0.25, -0.2) is 0 Å². The van der Waals surface area contributed by atoms with Gasteiger partial charge in [0.1, 0.15) is 28.1 Å². The van der Waals surface area contributed by atoms with Crippen molar-refractivity contribution in [3.05, 3.63) is 66.7 Å². The van der Waals surface area contributed by atoms with Crippen molar-refractivity contribution in [3.8, 4) is 11.5 Å². The molecule has 2 aliphatic rings. The standard InChI is InChI=1S/C18H25BrN2O5S2.C17H24N2O5S2/c1-3-27-18(28-4-2)14-6-5-7-20(14)17(23)13-8-12(10-22)16(26-11-19)9-15(13)21(24)25;1-3-25-17(26-4-2)13-6-5-7-18(13)16(22)12-8-11(10-20)15(21)9-14(12)19(23)24/h8-9,14,18,22H,3-7,10-11H2,1-2H3;8-9,13,17,20-21H,3-7,10H2,1-2H3/t14-;13-/m00/s1. The van der Waals surface area contributed by atoms with Crippen LogP contribution in [0.25, 0.3) is 0 Å². The van der Waals surface area contributed by atoms with Gasteiger partial charge in [0.2, 0.25) is 0 Å². The van der Waals surface area contributed by atoms with Gasteiger partial charge in [0.15, 0.2) is 0 Å². The molecule has 2 aromatic carbocycles. The van der Waals surface area contributed by atoms with E-state index in [9.17, 15) is 45.1 Å². The molecule has 2 amide bonds. The highest BCUT2D eigenvalue weighted by Gasteiger charge is 2.39. The van der Waals surface area contributed by atoms with Gasteiger partial charge < -0.3 is 29.9 Å². The second-order valence-corrected chi connectivity index (χ2v) is 18.8. The summed E-state index contributed by atoms with van der Waals surface area (Å²) in [6.45, 7) is 8.62. The molecule has 2 fully saturated rings. The Bertz CT molecular complexity index is 1600. The number of ether oxygens (including phenoxy) is 1. The smallest absolute Gasteiger partial charge is 0.285 e. The van der Waals surface area contributed by atoms with Crippen molar-refractivity contribution in [1.29, 1.82) is 0 Å². The lowest BCUT2D eigenvalue weighted by atomic mass is 10.1. The number of aromatic hydroxyl groups is 1. The Morgan fingerprint density at radius 2 is 1.19 bits per heavy atom. The van der Waals surface area contributed by atoms with Gasteiger partial charge in [0, 0.05) is 24.2 Å². The summed E-state index contributed by atoms with van der Waals surface area (Å²) in [6, 6.07) is 4.86. The first-order valence-corrected chi connectivity index (χ1v) is 23.0. The Hall–Kier alpha value is -2.42. The zero-order chi connectivity index (χ0) is 39.9. The van der Waals surface area contributed by atoms with Crippen molar-refractivity contribution in [2.24, 2.45) is 0 Å². The number of aliphatic hydroxyl groups excluding tert-OH is 2. The number of carbonyl (C=O) groups excluding carboxylic acids is 2. The van der Waals surface area contributed by atoms with Crippen LogP contribution in [0.2, 0.25) is 0 Å². The minimum atomic E-state index is -0.668. The second kappa shape index (κ2) is 23.0. The topological polar surface area (TPSA) is 197 Å². The third-order valence-electron chi connectivity index (χ3n) is 8.85. The minimum Gasteiger partial charge on any atom is -0.507 e. The third kappa shape index (κ3) is 11.6. The lowest BCUT2D eigenvalue weighted by Crippen LogP contribution is -2.41. The number of benzene rings is 2. The number of halogens is 1. The van der Waals surface area contributed by atoms with Crippen molar-refractivity contribution in [2.75, 3.05) is 41.6 Å². The summed E-state index contributed by atoms with van der Waals surface area (Å²) in [5.74, 6) is 2.82. The summed E-state index contributed by atoms with van der Waals surface area (Å²) in [7, 11) is 0. The average molecular weight is 894 g/mol. The van der Waals surface area contributed by atoms with Crippen LogP contribution in [-0.2, 0) is 13.2 Å². The number of phenols is 1. The molecule has 19 heteroatoms. The molecule has 300 valence electrons. The van der Waals surface area contributed by atoms with Crippen LogP contribution in [0.1, 0.15) is 85.2 Å². The largest absolute Gasteiger partial charge is 0.507 e. The second-order valence-electron chi connectivity index (χ2n) is 12.0. The van der Waals surface area contributed by atoms with Crippen molar-refractivity contribution < 1.29 is 39.5 Å². The number of likely N-dealkylation sites (tertiary alicyclic amines) is 2. The van der Waals surface area contributed by atoms with Gasteiger partial charge in [-0.1, -0.05) is 27.7 Å². The molecule has 2 atom stereocenters. The van der Waals surface area contributed by atoms with Crippen molar-refractivity contribution >= 4 is 86.2 Å². The van der Waals surface area contributed by atoms with E-state index in [1.54, 1.807) is 33.3 Å². The Balaban J connectivity index is 0.000000291. The number of aliphatic hydroxyl groups is 2. The maximum Gasteiger partial charge on any atom is 0.285 e. The fourth-order valence-electron chi connectivity index (χ4n) is 6.49. The monoisotopic (exact) mass is 892 g/mol. The third-order valence-corrected chi connectivity index (χ3v) is 14.6. The van der Waals surface area contributed by atoms with Crippen LogP contribution in [0.3, 0.4) is 0 Å². The number of hydrogen-bond donors (Lipinski definition) is 3. The van der Waals surface area contributed by atoms with E-state index in [4.69, 9.17) is 4.74 Å². The molecule has 0 aromatic heterocycles. The SMILES string of the molecule is CCSC(SCC)[C@@H]1CCCN1C(=O)c1cc(CO)c(O)cc1[N+](=O)[O-].CCSC(SCC)[C@@H]1CCCN1C(=O)c1cc(CO)c(OCBr)cc1[N+](=O)[O-]. The van der Waals surface area contributed by atoms with E-state index in [0.717, 1.165) is 54.8 Å². The van der Waals surface area contributed by atoms with E-state index in [2.05, 4.69) is 43.6 Å². The summed E-state index contributed by atoms with van der Waals surface area (Å²) in [5.41, 5.74) is -0.216. The van der Waals surface area contributed by atoms with Gasteiger partial charge in [-0.05, 0) is 76.8 Å². The molecule has 0 unspecified atom stereocenters. The maximum atomic E-state index is 13.3. The van der Waals surface area contributed by atoms with Gasteiger partial charge in [-0.2, -0.15) is 0 Å². The Morgan fingerprint density at radius 3 is 1.56 bits per heavy atom. The molecule has 0 spiro atoms. The van der Waals surface area contributed by atoms with Gasteiger partial charge >= 0.3 is 0 Å². The van der Waals surface area contributed by atoms with Gasteiger partial charge in [0.25, 0.3) is 23.2 Å². The summed E-state index contributed by atoms with van der Waals surface area (Å²) >= 11 is 10.3. The van der Waals surface area contributed by atoms with Crippen molar-refractivity contribution in [2.45, 2.75) is 87.8 Å². The lowest BCUT2D eigenvalue weighted by molar-refractivity contribution is -0.385. The van der Waals surface area contributed by atoms with Crippen molar-refractivity contribution in [1.82, 2.24) is 9.80 Å².